The molecule has 0 atom stereocenters. The maximum absolute atomic E-state index is 11.8. The summed E-state index contributed by atoms with van der Waals surface area (Å²) < 4.78 is 30.3. The number of esters is 1. The van der Waals surface area contributed by atoms with Gasteiger partial charge in [-0.2, -0.15) is 0 Å². The van der Waals surface area contributed by atoms with Gasteiger partial charge in [0.05, 0.1) is 12.2 Å². The van der Waals surface area contributed by atoms with Crippen LogP contribution in [0.4, 0.5) is 5.00 Å². The molecule has 0 saturated heterocycles. The van der Waals surface area contributed by atoms with Gasteiger partial charge in [-0.3, -0.25) is 9.52 Å². The fraction of sp³-hybridized carbons (Fsp3) is 0.455. The molecule has 1 aromatic heterocycles. The second-order valence-corrected chi connectivity index (χ2v) is 6.91. The van der Waals surface area contributed by atoms with Crippen molar-refractivity contribution in [3.05, 3.63) is 16.0 Å². The lowest BCUT2D eigenvalue weighted by molar-refractivity contribution is -0.134. The highest BCUT2D eigenvalue weighted by molar-refractivity contribution is 7.93. The molecule has 1 aromatic rings. The zero-order valence-electron chi connectivity index (χ0n) is 11.2. The monoisotopic (exact) mass is 321 g/mol. The zero-order valence-corrected chi connectivity index (χ0v) is 12.9. The van der Waals surface area contributed by atoms with Crippen LogP contribution in [0.2, 0.25) is 0 Å². The lowest BCUT2D eigenvalue weighted by Crippen LogP contribution is -2.23. The molecule has 0 spiro atoms. The van der Waals surface area contributed by atoms with Crippen molar-refractivity contribution in [1.82, 2.24) is 0 Å². The number of rotatable bonds is 6. The van der Waals surface area contributed by atoms with E-state index in [-0.39, 0.29) is 17.2 Å². The van der Waals surface area contributed by atoms with Gasteiger partial charge >= 0.3 is 11.9 Å². The summed E-state index contributed by atoms with van der Waals surface area (Å²) in [6.07, 6.45) is 0. The van der Waals surface area contributed by atoms with Crippen LogP contribution in [0.3, 0.4) is 0 Å². The standard InChI is InChI=1S/C11H15NO6S2/c1-4-18-11(15)9-6(2)7(3)19-10(9)12-20(16,17)5-8(13)14/h12H,4-5H2,1-3H3,(H,13,14). The number of anilines is 1. The van der Waals surface area contributed by atoms with E-state index in [2.05, 4.69) is 4.72 Å². The number of ether oxygens (including phenoxy) is 1. The molecule has 0 fully saturated rings. The molecule has 9 heteroatoms. The number of carbonyl (C=O) groups excluding carboxylic acids is 1. The number of carbonyl (C=O) groups is 2. The Morgan fingerprint density at radius 3 is 2.45 bits per heavy atom. The average molecular weight is 321 g/mol. The number of carboxylic acid groups (broad SMARTS) is 1. The second kappa shape index (κ2) is 6.23. The summed E-state index contributed by atoms with van der Waals surface area (Å²) >= 11 is 1.07. The fourth-order valence-electron chi connectivity index (χ4n) is 1.49. The minimum Gasteiger partial charge on any atom is -0.480 e. The number of aryl methyl sites for hydroxylation is 1. The highest BCUT2D eigenvalue weighted by Gasteiger charge is 2.25. The molecule has 0 aliphatic heterocycles. The van der Waals surface area contributed by atoms with Crippen molar-refractivity contribution < 1.29 is 27.9 Å². The van der Waals surface area contributed by atoms with E-state index >= 15 is 0 Å². The predicted molar refractivity (Wildman–Crippen MR) is 74.8 cm³/mol. The van der Waals surface area contributed by atoms with Gasteiger partial charge in [0.25, 0.3) is 0 Å². The van der Waals surface area contributed by atoms with Gasteiger partial charge in [0.1, 0.15) is 5.00 Å². The van der Waals surface area contributed by atoms with Crippen LogP contribution in [-0.4, -0.2) is 37.8 Å². The Balaban J connectivity index is 3.16. The molecule has 0 aliphatic carbocycles. The lowest BCUT2D eigenvalue weighted by atomic mass is 10.2. The smallest absolute Gasteiger partial charge is 0.341 e. The third-order valence-corrected chi connectivity index (χ3v) is 4.82. The number of nitrogens with one attached hydrogen (secondary N) is 1. The summed E-state index contributed by atoms with van der Waals surface area (Å²) in [7, 11) is -4.06. The van der Waals surface area contributed by atoms with Crippen molar-refractivity contribution >= 4 is 38.3 Å². The summed E-state index contributed by atoms with van der Waals surface area (Å²) in [5, 5.41) is 8.63. The fourth-order valence-corrected chi connectivity index (χ4v) is 3.72. The Hall–Kier alpha value is -1.61. The topological polar surface area (TPSA) is 110 Å². The molecule has 0 radical (unpaired) electrons. The van der Waals surface area contributed by atoms with Crippen LogP contribution in [0.25, 0.3) is 0 Å². The summed E-state index contributed by atoms with van der Waals surface area (Å²) in [6, 6.07) is 0. The van der Waals surface area contributed by atoms with Crippen molar-refractivity contribution in [1.29, 1.82) is 0 Å². The van der Waals surface area contributed by atoms with E-state index < -0.39 is 27.7 Å². The Morgan fingerprint density at radius 1 is 1.35 bits per heavy atom. The van der Waals surface area contributed by atoms with Gasteiger partial charge < -0.3 is 9.84 Å². The Kier molecular flexibility index (Phi) is 5.12. The summed E-state index contributed by atoms with van der Waals surface area (Å²) in [5.41, 5.74) is 0.741. The molecule has 1 heterocycles. The molecule has 7 nitrogen and oxygen atoms in total. The minimum atomic E-state index is -4.06. The first-order valence-corrected chi connectivity index (χ1v) is 8.14. The Labute approximate surface area is 120 Å². The number of hydrogen-bond donors (Lipinski definition) is 2. The molecular formula is C11H15NO6S2. The molecule has 0 unspecified atom stereocenters. The third kappa shape index (κ3) is 3.94. The SMILES string of the molecule is CCOC(=O)c1c(NS(=O)(=O)CC(=O)O)sc(C)c1C. The number of carboxylic acids is 1. The molecule has 112 valence electrons. The predicted octanol–water partition coefficient (Wildman–Crippen LogP) is 1.37. The van der Waals surface area contributed by atoms with E-state index in [0.29, 0.717) is 5.56 Å². The maximum atomic E-state index is 11.8. The van der Waals surface area contributed by atoms with Crippen molar-refractivity contribution in [3.8, 4) is 0 Å². The first-order chi connectivity index (χ1) is 9.18. The van der Waals surface area contributed by atoms with Crippen LogP contribution in [0.1, 0.15) is 27.7 Å². The molecule has 0 amide bonds. The average Bonchev–Trinajstić information content (AvgIpc) is 2.51. The van der Waals surface area contributed by atoms with E-state index in [1.807, 2.05) is 0 Å². The van der Waals surface area contributed by atoms with Crippen molar-refractivity contribution in [2.45, 2.75) is 20.8 Å². The van der Waals surface area contributed by atoms with Crippen LogP contribution >= 0.6 is 11.3 Å². The molecular weight excluding hydrogens is 306 g/mol. The number of aliphatic carboxylic acids is 1. The lowest BCUT2D eigenvalue weighted by Gasteiger charge is -2.07. The van der Waals surface area contributed by atoms with Gasteiger partial charge in [-0.05, 0) is 26.3 Å². The highest BCUT2D eigenvalue weighted by Crippen LogP contribution is 2.33. The number of hydrogen-bond acceptors (Lipinski definition) is 6. The van der Waals surface area contributed by atoms with Gasteiger partial charge in [-0.1, -0.05) is 0 Å². The molecule has 0 aliphatic rings. The van der Waals surface area contributed by atoms with Crippen molar-refractivity contribution in [3.63, 3.8) is 0 Å². The van der Waals surface area contributed by atoms with E-state index in [4.69, 9.17) is 9.84 Å². The zero-order chi connectivity index (χ0) is 15.5. The molecule has 0 aromatic carbocycles. The normalized spacial score (nSPS) is 11.2. The van der Waals surface area contributed by atoms with E-state index in [0.717, 1.165) is 16.2 Å². The first kappa shape index (κ1) is 16.4. The van der Waals surface area contributed by atoms with Crippen LogP contribution < -0.4 is 4.72 Å². The Bertz CT molecular complexity index is 632. The number of thiophene rings is 1. The van der Waals surface area contributed by atoms with Crippen molar-refractivity contribution in [2.75, 3.05) is 17.1 Å². The molecule has 20 heavy (non-hydrogen) atoms. The van der Waals surface area contributed by atoms with E-state index in [9.17, 15) is 18.0 Å². The van der Waals surface area contributed by atoms with Gasteiger partial charge in [0.2, 0.25) is 10.0 Å². The van der Waals surface area contributed by atoms with Crippen LogP contribution in [0, 0.1) is 13.8 Å². The van der Waals surface area contributed by atoms with Gasteiger partial charge in [-0.25, -0.2) is 13.2 Å². The van der Waals surface area contributed by atoms with Gasteiger partial charge in [-0.15, -0.1) is 11.3 Å². The molecule has 0 bridgehead atoms. The second-order valence-electron chi connectivity index (χ2n) is 3.96. The van der Waals surface area contributed by atoms with Crippen LogP contribution in [-0.2, 0) is 19.6 Å². The number of sulfonamides is 1. The van der Waals surface area contributed by atoms with Gasteiger partial charge in [0, 0.05) is 4.88 Å². The quantitative estimate of drug-likeness (QED) is 0.766. The summed E-state index contributed by atoms with van der Waals surface area (Å²) in [6.45, 7) is 5.21. The van der Waals surface area contributed by atoms with Crippen LogP contribution in [0.15, 0.2) is 0 Å². The molecule has 0 saturated carbocycles. The van der Waals surface area contributed by atoms with Crippen LogP contribution in [0.5, 0.6) is 0 Å². The Morgan fingerprint density at radius 2 is 1.95 bits per heavy atom. The summed E-state index contributed by atoms with van der Waals surface area (Å²) in [4.78, 5) is 23.1. The third-order valence-electron chi connectivity index (χ3n) is 2.43. The molecule has 2 N–H and O–H groups in total. The van der Waals surface area contributed by atoms with Gasteiger partial charge in [0.15, 0.2) is 5.75 Å². The summed E-state index contributed by atoms with van der Waals surface area (Å²) in [5.74, 6) is -3.17. The largest absolute Gasteiger partial charge is 0.480 e. The first-order valence-electron chi connectivity index (χ1n) is 5.67. The van der Waals surface area contributed by atoms with Crippen molar-refractivity contribution in [2.24, 2.45) is 0 Å². The van der Waals surface area contributed by atoms with E-state index in [1.54, 1.807) is 20.8 Å². The molecule has 1 rings (SSSR count). The highest BCUT2D eigenvalue weighted by atomic mass is 32.2. The maximum Gasteiger partial charge on any atom is 0.341 e. The minimum absolute atomic E-state index is 0.0831. The van der Waals surface area contributed by atoms with E-state index in [1.165, 1.54) is 0 Å².